The van der Waals surface area contributed by atoms with E-state index < -0.39 is 46.3 Å². The highest BCUT2D eigenvalue weighted by atomic mass is 32.2. The van der Waals surface area contributed by atoms with Gasteiger partial charge in [-0.25, -0.2) is 4.72 Å². The summed E-state index contributed by atoms with van der Waals surface area (Å²) in [5.41, 5.74) is -0.621. The van der Waals surface area contributed by atoms with Crippen LogP contribution in [0.5, 0.6) is 0 Å². The Morgan fingerprint density at radius 3 is 2.18 bits per heavy atom. The van der Waals surface area contributed by atoms with Gasteiger partial charge in [-0.05, 0) is 6.42 Å². The van der Waals surface area contributed by atoms with Crippen LogP contribution in [-0.2, 0) is 19.6 Å². The number of carboxylic acids is 1. The Kier molecular flexibility index (Phi) is 4.89. The molecule has 0 fully saturated rings. The number of nitrogens with one attached hydrogen (secondary N) is 1. The molecule has 0 aliphatic heterocycles. The lowest BCUT2D eigenvalue weighted by Crippen LogP contribution is -2.47. The van der Waals surface area contributed by atoms with Gasteiger partial charge in [-0.1, -0.05) is 0 Å². The van der Waals surface area contributed by atoms with E-state index >= 15 is 0 Å². The number of aliphatic carboxylic acids is 1. The highest BCUT2D eigenvalue weighted by molar-refractivity contribution is 7.90. The molecule has 0 rings (SSSR count). The Bertz CT molecular complexity index is 404. The van der Waals surface area contributed by atoms with Gasteiger partial charge in [0, 0.05) is 6.42 Å². The minimum absolute atomic E-state index is 0.478. The molecule has 7 nitrogen and oxygen atoms in total. The minimum atomic E-state index is -5.81. The van der Waals surface area contributed by atoms with Crippen molar-refractivity contribution in [2.24, 2.45) is 5.73 Å². The van der Waals surface area contributed by atoms with Gasteiger partial charge in [-0.3, -0.25) is 9.59 Å². The highest BCUT2D eigenvalue weighted by Crippen LogP contribution is 2.21. The molecule has 4 N–H and O–H groups in total. The van der Waals surface area contributed by atoms with E-state index in [1.165, 1.54) is 0 Å². The zero-order chi connectivity index (χ0) is 13.9. The molecule has 0 aliphatic carbocycles. The largest absolute Gasteiger partial charge is 0.516 e. The van der Waals surface area contributed by atoms with Crippen LogP contribution in [0.4, 0.5) is 13.2 Å². The van der Waals surface area contributed by atoms with Gasteiger partial charge in [0.25, 0.3) is 5.91 Å². The zero-order valence-electron chi connectivity index (χ0n) is 8.19. The Hall–Kier alpha value is -1.36. The molecule has 0 aromatic heterocycles. The predicted molar refractivity (Wildman–Crippen MR) is 48.0 cm³/mol. The second-order valence-corrected chi connectivity index (χ2v) is 4.63. The summed E-state index contributed by atoms with van der Waals surface area (Å²) in [5.74, 6) is -2.92. The van der Waals surface area contributed by atoms with Crippen molar-refractivity contribution in [3.8, 4) is 0 Å². The van der Waals surface area contributed by atoms with Crippen LogP contribution in [-0.4, -0.2) is 37.0 Å². The molecule has 100 valence electrons. The molecule has 0 heterocycles. The highest BCUT2D eigenvalue weighted by Gasteiger charge is 2.47. The molecule has 0 saturated heterocycles. The molecule has 11 heteroatoms. The number of hydrogen-bond acceptors (Lipinski definition) is 5. The van der Waals surface area contributed by atoms with E-state index in [2.05, 4.69) is 0 Å². The maximum absolute atomic E-state index is 11.8. The van der Waals surface area contributed by atoms with Crippen LogP contribution in [0.25, 0.3) is 0 Å². The molecule has 0 saturated carbocycles. The third-order valence-corrected chi connectivity index (χ3v) is 2.62. The summed E-state index contributed by atoms with van der Waals surface area (Å²) in [4.78, 5) is 21.0. The van der Waals surface area contributed by atoms with Crippen LogP contribution in [0, 0.1) is 0 Å². The number of sulfonamides is 1. The van der Waals surface area contributed by atoms with Crippen LogP contribution in [0.15, 0.2) is 0 Å². The molecule has 0 aliphatic rings. The minimum Gasteiger partial charge on any atom is -0.481 e. The smallest absolute Gasteiger partial charge is 0.481 e. The van der Waals surface area contributed by atoms with Crippen LogP contribution in [0.3, 0.4) is 0 Å². The third kappa shape index (κ3) is 4.99. The number of amides is 1. The number of halogens is 3. The number of alkyl halides is 3. The standard InChI is InChI=1S/C6H9F3N2O5S/c7-6(8,9)17(15,16)11-5(14)3(10)1-2-4(12)13/h3H,1-2,10H2,(H,11,14)(H,12,13)/t3-/m0/s1. The third-order valence-electron chi connectivity index (χ3n) is 1.55. The normalized spacial score (nSPS) is 14.1. The quantitative estimate of drug-likeness (QED) is 0.601. The van der Waals surface area contributed by atoms with Gasteiger partial charge in [-0.15, -0.1) is 0 Å². The Morgan fingerprint density at radius 1 is 1.35 bits per heavy atom. The van der Waals surface area contributed by atoms with E-state index in [0.29, 0.717) is 4.72 Å². The van der Waals surface area contributed by atoms with Gasteiger partial charge in [0.05, 0.1) is 6.04 Å². The molecule has 1 amide bonds. The number of nitrogens with two attached hydrogens (primary N) is 1. The molecular formula is C6H9F3N2O5S. The lowest BCUT2D eigenvalue weighted by Gasteiger charge is -2.12. The van der Waals surface area contributed by atoms with Crippen molar-refractivity contribution in [1.29, 1.82) is 0 Å². The van der Waals surface area contributed by atoms with Gasteiger partial charge in [0.1, 0.15) is 0 Å². The van der Waals surface area contributed by atoms with Crippen molar-refractivity contribution in [3.63, 3.8) is 0 Å². The first-order valence-corrected chi connectivity index (χ1v) is 5.56. The first kappa shape index (κ1) is 15.6. The number of carbonyl (C=O) groups is 2. The molecule has 1 atom stereocenters. The van der Waals surface area contributed by atoms with Crippen LogP contribution in [0.1, 0.15) is 12.8 Å². The topological polar surface area (TPSA) is 127 Å². The maximum Gasteiger partial charge on any atom is 0.516 e. The Morgan fingerprint density at radius 2 is 1.82 bits per heavy atom. The van der Waals surface area contributed by atoms with Gasteiger partial charge in [0.15, 0.2) is 0 Å². The van der Waals surface area contributed by atoms with Crippen molar-refractivity contribution < 1.29 is 36.3 Å². The van der Waals surface area contributed by atoms with E-state index in [-0.39, 0.29) is 0 Å². The summed E-state index contributed by atoms with van der Waals surface area (Å²) >= 11 is 0. The van der Waals surface area contributed by atoms with Crippen molar-refractivity contribution >= 4 is 21.9 Å². The number of carboxylic acid groups (broad SMARTS) is 1. The molecule has 17 heavy (non-hydrogen) atoms. The molecule has 0 aromatic carbocycles. The fourth-order valence-corrected chi connectivity index (χ4v) is 1.21. The van der Waals surface area contributed by atoms with Crippen LogP contribution < -0.4 is 10.5 Å². The van der Waals surface area contributed by atoms with E-state index in [1.54, 1.807) is 0 Å². The summed E-state index contributed by atoms with van der Waals surface area (Å²) in [6.45, 7) is 0. The first-order chi connectivity index (χ1) is 7.47. The molecule has 0 radical (unpaired) electrons. The molecular weight excluding hydrogens is 269 g/mol. The molecule has 0 bridgehead atoms. The summed E-state index contributed by atoms with van der Waals surface area (Å²) in [6, 6.07) is -1.65. The van der Waals surface area contributed by atoms with Crippen LogP contribution in [0.2, 0.25) is 0 Å². The second-order valence-electron chi connectivity index (χ2n) is 2.95. The van der Waals surface area contributed by atoms with Gasteiger partial charge >= 0.3 is 21.5 Å². The number of carbonyl (C=O) groups excluding carboxylic acids is 1. The fraction of sp³-hybridized carbons (Fsp3) is 0.667. The van der Waals surface area contributed by atoms with E-state index in [0.717, 1.165) is 0 Å². The average molecular weight is 278 g/mol. The molecule has 0 aromatic rings. The molecule has 0 spiro atoms. The summed E-state index contributed by atoms with van der Waals surface area (Å²) in [5, 5.41) is 8.22. The number of rotatable bonds is 5. The zero-order valence-corrected chi connectivity index (χ0v) is 9.01. The van der Waals surface area contributed by atoms with E-state index in [9.17, 15) is 31.2 Å². The van der Waals surface area contributed by atoms with Gasteiger partial charge < -0.3 is 10.8 Å². The van der Waals surface area contributed by atoms with Crippen molar-refractivity contribution in [1.82, 2.24) is 4.72 Å². The summed E-state index contributed by atoms with van der Waals surface area (Å²) in [6.07, 6.45) is -1.05. The molecule has 0 unspecified atom stereocenters. The summed E-state index contributed by atoms with van der Waals surface area (Å²) < 4.78 is 57.2. The summed E-state index contributed by atoms with van der Waals surface area (Å²) in [7, 11) is -5.81. The van der Waals surface area contributed by atoms with Crippen molar-refractivity contribution in [2.45, 2.75) is 24.4 Å². The predicted octanol–water partition coefficient (Wildman–Crippen LogP) is -0.856. The number of hydrogen-bond donors (Lipinski definition) is 3. The second kappa shape index (κ2) is 5.31. The monoisotopic (exact) mass is 278 g/mol. The first-order valence-electron chi connectivity index (χ1n) is 4.07. The fourth-order valence-electron chi connectivity index (χ4n) is 0.676. The maximum atomic E-state index is 11.8. The lowest BCUT2D eigenvalue weighted by molar-refractivity contribution is -0.137. The van der Waals surface area contributed by atoms with E-state index in [1.807, 2.05) is 0 Å². The SMILES string of the molecule is N[C@@H](CCC(=O)O)C(=O)NS(=O)(=O)C(F)(F)F. The van der Waals surface area contributed by atoms with Crippen molar-refractivity contribution in [2.75, 3.05) is 0 Å². The Labute approximate surface area is 93.8 Å². The van der Waals surface area contributed by atoms with Gasteiger partial charge in [-0.2, -0.15) is 21.6 Å². The van der Waals surface area contributed by atoms with Crippen molar-refractivity contribution in [3.05, 3.63) is 0 Å². The van der Waals surface area contributed by atoms with E-state index in [4.69, 9.17) is 10.8 Å². The van der Waals surface area contributed by atoms with Gasteiger partial charge in [0.2, 0.25) is 0 Å². The lowest BCUT2D eigenvalue weighted by atomic mass is 10.1. The van der Waals surface area contributed by atoms with Crippen LogP contribution >= 0.6 is 0 Å². The average Bonchev–Trinajstić information content (AvgIpc) is 2.11. The Balaban J connectivity index is 4.51.